The molecule has 3 heteroatoms. The van der Waals surface area contributed by atoms with E-state index >= 15 is 0 Å². The molecule has 2 fully saturated rings. The summed E-state index contributed by atoms with van der Waals surface area (Å²) in [6.07, 6.45) is 6.75. The van der Waals surface area contributed by atoms with Gasteiger partial charge in [-0.1, -0.05) is 42.5 Å². The average molecular weight is 297 g/mol. The van der Waals surface area contributed by atoms with Gasteiger partial charge < -0.3 is 9.64 Å². The SMILES string of the molecule is C=CCC1(CC=C)CC[C@@H]2OC[C@@H](c3ccccc3)N2C1=O. The van der Waals surface area contributed by atoms with Crippen LogP contribution in [0.15, 0.2) is 55.6 Å². The Morgan fingerprint density at radius 3 is 2.55 bits per heavy atom. The van der Waals surface area contributed by atoms with E-state index in [1.807, 2.05) is 35.3 Å². The maximum absolute atomic E-state index is 13.2. The van der Waals surface area contributed by atoms with Crippen LogP contribution in [0.3, 0.4) is 0 Å². The van der Waals surface area contributed by atoms with Crippen LogP contribution in [-0.2, 0) is 9.53 Å². The highest BCUT2D eigenvalue weighted by molar-refractivity contribution is 5.85. The number of rotatable bonds is 5. The number of hydrogen-bond acceptors (Lipinski definition) is 2. The van der Waals surface area contributed by atoms with Crippen molar-refractivity contribution in [3.63, 3.8) is 0 Å². The van der Waals surface area contributed by atoms with Crippen molar-refractivity contribution in [2.45, 2.75) is 38.0 Å². The Bertz CT molecular complexity index is 556. The molecule has 1 aromatic rings. The molecule has 1 amide bonds. The molecule has 0 aliphatic carbocycles. The Morgan fingerprint density at radius 1 is 1.23 bits per heavy atom. The monoisotopic (exact) mass is 297 g/mol. The molecule has 0 unspecified atom stereocenters. The highest BCUT2D eigenvalue weighted by atomic mass is 16.5. The van der Waals surface area contributed by atoms with Crippen molar-refractivity contribution in [2.24, 2.45) is 5.41 Å². The van der Waals surface area contributed by atoms with Crippen LogP contribution < -0.4 is 0 Å². The maximum Gasteiger partial charge on any atom is 0.232 e. The van der Waals surface area contributed by atoms with Gasteiger partial charge in [0, 0.05) is 0 Å². The van der Waals surface area contributed by atoms with Crippen molar-refractivity contribution >= 4 is 5.91 Å². The van der Waals surface area contributed by atoms with Crippen molar-refractivity contribution in [1.82, 2.24) is 4.90 Å². The largest absolute Gasteiger partial charge is 0.356 e. The summed E-state index contributed by atoms with van der Waals surface area (Å²) < 4.78 is 5.90. The summed E-state index contributed by atoms with van der Waals surface area (Å²) in [4.78, 5) is 15.2. The standard InChI is InChI=1S/C19H23NO2/c1-3-11-19(12-4-2)13-10-17-20(18(19)21)16(14-22-17)15-8-6-5-7-9-15/h3-9,16-17H,1-2,10-14H2/t16-,17-/m0/s1. The molecule has 2 saturated heterocycles. The molecule has 3 nitrogen and oxygen atoms in total. The first-order chi connectivity index (χ1) is 10.7. The third-order valence-electron chi connectivity index (χ3n) is 4.91. The minimum absolute atomic E-state index is 0.0213. The first kappa shape index (κ1) is 15.0. The van der Waals surface area contributed by atoms with E-state index in [1.54, 1.807) is 0 Å². The van der Waals surface area contributed by atoms with Crippen LogP contribution >= 0.6 is 0 Å². The molecule has 22 heavy (non-hydrogen) atoms. The average Bonchev–Trinajstić information content (AvgIpc) is 2.97. The van der Waals surface area contributed by atoms with Crippen LogP contribution in [-0.4, -0.2) is 23.6 Å². The number of ether oxygens (including phenoxy) is 1. The summed E-state index contributed by atoms with van der Waals surface area (Å²) in [5, 5.41) is 0. The molecule has 0 spiro atoms. The number of amides is 1. The molecule has 0 N–H and O–H groups in total. The zero-order chi connectivity index (χ0) is 15.6. The Labute approximate surface area is 132 Å². The lowest BCUT2D eigenvalue weighted by Crippen LogP contribution is -2.51. The Kier molecular flexibility index (Phi) is 4.16. The van der Waals surface area contributed by atoms with Gasteiger partial charge in [-0.2, -0.15) is 0 Å². The molecular weight excluding hydrogens is 274 g/mol. The molecule has 0 saturated carbocycles. The topological polar surface area (TPSA) is 29.5 Å². The summed E-state index contributed by atoms with van der Waals surface area (Å²) in [7, 11) is 0. The van der Waals surface area contributed by atoms with Gasteiger partial charge in [0.1, 0.15) is 6.23 Å². The summed E-state index contributed by atoms with van der Waals surface area (Å²) in [5.74, 6) is 0.190. The number of benzene rings is 1. The van der Waals surface area contributed by atoms with Gasteiger partial charge in [0.2, 0.25) is 5.91 Å². The van der Waals surface area contributed by atoms with E-state index in [1.165, 1.54) is 0 Å². The summed E-state index contributed by atoms with van der Waals surface area (Å²) in [6.45, 7) is 8.27. The molecule has 0 aromatic heterocycles. The molecule has 116 valence electrons. The fourth-order valence-electron chi connectivity index (χ4n) is 3.79. The van der Waals surface area contributed by atoms with Crippen LogP contribution in [0.2, 0.25) is 0 Å². The van der Waals surface area contributed by atoms with Crippen molar-refractivity contribution in [1.29, 1.82) is 0 Å². The van der Waals surface area contributed by atoms with Gasteiger partial charge in [-0.05, 0) is 31.2 Å². The molecule has 0 radical (unpaired) electrons. The number of allylic oxidation sites excluding steroid dienone is 2. The van der Waals surface area contributed by atoms with Gasteiger partial charge in [-0.15, -0.1) is 13.2 Å². The molecular formula is C19H23NO2. The predicted molar refractivity (Wildman–Crippen MR) is 87.1 cm³/mol. The van der Waals surface area contributed by atoms with Crippen molar-refractivity contribution in [2.75, 3.05) is 6.61 Å². The molecule has 2 heterocycles. The van der Waals surface area contributed by atoms with Crippen molar-refractivity contribution in [3.8, 4) is 0 Å². The molecule has 2 atom stereocenters. The van der Waals surface area contributed by atoms with E-state index in [0.717, 1.165) is 18.4 Å². The number of carbonyl (C=O) groups excluding carboxylic acids is 1. The number of piperidine rings is 1. The fourth-order valence-corrected chi connectivity index (χ4v) is 3.79. The lowest BCUT2D eigenvalue weighted by atomic mass is 9.73. The van der Waals surface area contributed by atoms with E-state index in [9.17, 15) is 4.79 Å². The number of carbonyl (C=O) groups is 1. The Hall–Kier alpha value is -1.87. The van der Waals surface area contributed by atoms with Crippen LogP contribution in [0, 0.1) is 5.41 Å². The Balaban J connectivity index is 1.93. The maximum atomic E-state index is 13.2. The molecule has 2 aliphatic heterocycles. The molecule has 0 bridgehead atoms. The third-order valence-corrected chi connectivity index (χ3v) is 4.91. The van der Waals surface area contributed by atoms with E-state index in [4.69, 9.17) is 4.74 Å². The second-order valence-electron chi connectivity index (χ2n) is 6.23. The molecule has 2 aliphatic rings. The zero-order valence-corrected chi connectivity index (χ0v) is 12.9. The van der Waals surface area contributed by atoms with Gasteiger partial charge in [0.05, 0.1) is 18.1 Å². The lowest BCUT2D eigenvalue weighted by Gasteiger charge is -2.43. The van der Waals surface area contributed by atoms with Crippen LogP contribution in [0.5, 0.6) is 0 Å². The van der Waals surface area contributed by atoms with Crippen LogP contribution in [0.25, 0.3) is 0 Å². The third kappa shape index (κ3) is 2.40. The summed E-state index contributed by atoms with van der Waals surface area (Å²) >= 11 is 0. The van der Waals surface area contributed by atoms with Crippen molar-refractivity contribution < 1.29 is 9.53 Å². The highest BCUT2D eigenvalue weighted by Gasteiger charge is 2.51. The molecule has 1 aromatic carbocycles. The van der Waals surface area contributed by atoms with E-state index in [-0.39, 0.29) is 23.6 Å². The van der Waals surface area contributed by atoms with Gasteiger partial charge in [-0.25, -0.2) is 0 Å². The van der Waals surface area contributed by atoms with E-state index in [0.29, 0.717) is 19.4 Å². The zero-order valence-electron chi connectivity index (χ0n) is 12.9. The van der Waals surface area contributed by atoms with Crippen LogP contribution in [0.1, 0.15) is 37.3 Å². The second-order valence-corrected chi connectivity index (χ2v) is 6.23. The number of fused-ring (bicyclic) bond motifs is 1. The minimum Gasteiger partial charge on any atom is -0.356 e. The predicted octanol–water partition coefficient (Wildman–Crippen LogP) is 3.85. The van der Waals surface area contributed by atoms with Crippen molar-refractivity contribution in [3.05, 3.63) is 61.2 Å². The minimum atomic E-state index is -0.388. The summed E-state index contributed by atoms with van der Waals surface area (Å²) in [5.41, 5.74) is 0.757. The Morgan fingerprint density at radius 2 is 1.91 bits per heavy atom. The second kappa shape index (κ2) is 6.09. The van der Waals surface area contributed by atoms with E-state index in [2.05, 4.69) is 25.3 Å². The summed E-state index contributed by atoms with van der Waals surface area (Å²) in [6, 6.07) is 10.2. The quantitative estimate of drug-likeness (QED) is 0.773. The molecule has 3 rings (SSSR count). The van der Waals surface area contributed by atoms with Gasteiger partial charge >= 0.3 is 0 Å². The first-order valence-electron chi connectivity index (χ1n) is 7.93. The fraction of sp³-hybridized carbons (Fsp3) is 0.421. The lowest BCUT2D eigenvalue weighted by molar-refractivity contribution is -0.157. The smallest absolute Gasteiger partial charge is 0.232 e. The number of nitrogens with zero attached hydrogens (tertiary/aromatic N) is 1. The number of hydrogen-bond donors (Lipinski definition) is 0. The van der Waals surface area contributed by atoms with Gasteiger partial charge in [0.25, 0.3) is 0 Å². The first-order valence-corrected chi connectivity index (χ1v) is 7.93. The van der Waals surface area contributed by atoms with Gasteiger partial charge in [0.15, 0.2) is 0 Å². The van der Waals surface area contributed by atoms with E-state index < -0.39 is 0 Å². The highest BCUT2D eigenvalue weighted by Crippen LogP contribution is 2.46. The van der Waals surface area contributed by atoms with Gasteiger partial charge in [-0.3, -0.25) is 4.79 Å². The van der Waals surface area contributed by atoms with Crippen LogP contribution in [0.4, 0.5) is 0 Å². The normalized spacial score (nSPS) is 26.5.